The zero-order valence-corrected chi connectivity index (χ0v) is 13.6. The third-order valence-electron chi connectivity index (χ3n) is 3.41. The Hall–Kier alpha value is -2.80. The van der Waals surface area contributed by atoms with Crippen LogP contribution in [0.25, 0.3) is 0 Å². The van der Waals surface area contributed by atoms with Crippen molar-refractivity contribution in [3.63, 3.8) is 0 Å². The molecule has 1 N–H and O–H groups in total. The van der Waals surface area contributed by atoms with E-state index in [9.17, 15) is 14.0 Å². The number of fused-ring (bicyclic) bond motifs is 1. The first kappa shape index (κ1) is 17.0. The van der Waals surface area contributed by atoms with E-state index in [4.69, 9.17) is 25.8 Å². The summed E-state index contributed by atoms with van der Waals surface area (Å²) < 4.78 is 28.4. The van der Waals surface area contributed by atoms with Crippen molar-refractivity contribution in [2.24, 2.45) is 0 Å². The molecule has 1 amide bonds. The Kier molecular flexibility index (Phi) is 5.04. The molecule has 1 heterocycles. The van der Waals surface area contributed by atoms with Crippen LogP contribution in [-0.2, 0) is 16.1 Å². The second kappa shape index (κ2) is 7.40. The van der Waals surface area contributed by atoms with E-state index < -0.39 is 24.3 Å². The van der Waals surface area contributed by atoms with E-state index in [1.165, 1.54) is 6.07 Å². The second-order valence-corrected chi connectivity index (χ2v) is 5.57. The van der Waals surface area contributed by atoms with Crippen LogP contribution in [0, 0.1) is 5.82 Å². The minimum Gasteiger partial charge on any atom is -0.454 e. The Labute approximate surface area is 147 Å². The van der Waals surface area contributed by atoms with Gasteiger partial charge in [-0.05, 0) is 35.9 Å². The van der Waals surface area contributed by atoms with E-state index in [1.807, 2.05) is 0 Å². The van der Waals surface area contributed by atoms with E-state index in [1.54, 1.807) is 18.2 Å². The number of nitrogens with one attached hydrogen (secondary N) is 1. The lowest BCUT2D eigenvalue weighted by molar-refractivity contribution is -0.124. The number of benzene rings is 2. The third-order valence-corrected chi connectivity index (χ3v) is 3.74. The maximum atomic E-state index is 13.1. The third kappa shape index (κ3) is 4.19. The number of carbonyl (C=O) groups excluding carboxylic acids is 2. The molecule has 130 valence electrons. The van der Waals surface area contributed by atoms with Gasteiger partial charge in [0.05, 0.1) is 10.6 Å². The highest BCUT2D eigenvalue weighted by atomic mass is 35.5. The first-order chi connectivity index (χ1) is 12.0. The van der Waals surface area contributed by atoms with Gasteiger partial charge >= 0.3 is 5.97 Å². The summed E-state index contributed by atoms with van der Waals surface area (Å²) in [6.45, 7) is -0.103. The number of rotatable bonds is 5. The molecule has 0 atom stereocenters. The quantitative estimate of drug-likeness (QED) is 0.825. The van der Waals surface area contributed by atoms with Gasteiger partial charge in [-0.15, -0.1) is 0 Å². The predicted molar refractivity (Wildman–Crippen MR) is 86.1 cm³/mol. The molecule has 8 heteroatoms. The fourth-order valence-electron chi connectivity index (χ4n) is 2.17. The van der Waals surface area contributed by atoms with Gasteiger partial charge in [-0.3, -0.25) is 4.79 Å². The molecule has 3 rings (SSSR count). The van der Waals surface area contributed by atoms with Crippen LogP contribution in [0.2, 0.25) is 5.02 Å². The van der Waals surface area contributed by atoms with Crippen molar-refractivity contribution in [2.45, 2.75) is 6.54 Å². The van der Waals surface area contributed by atoms with Crippen LogP contribution >= 0.6 is 11.6 Å². The number of carbonyl (C=O) groups is 2. The summed E-state index contributed by atoms with van der Waals surface area (Å²) in [5.41, 5.74) is 0.669. The van der Waals surface area contributed by atoms with Crippen LogP contribution in [0.4, 0.5) is 4.39 Å². The van der Waals surface area contributed by atoms with Crippen LogP contribution in [0.1, 0.15) is 15.9 Å². The first-order valence-electron chi connectivity index (χ1n) is 7.30. The number of hydrogen-bond acceptors (Lipinski definition) is 5. The van der Waals surface area contributed by atoms with E-state index in [0.29, 0.717) is 11.5 Å². The maximum absolute atomic E-state index is 13.1. The van der Waals surface area contributed by atoms with E-state index in [0.717, 1.165) is 17.7 Å². The molecule has 25 heavy (non-hydrogen) atoms. The second-order valence-electron chi connectivity index (χ2n) is 5.16. The highest BCUT2D eigenvalue weighted by Crippen LogP contribution is 2.32. The largest absolute Gasteiger partial charge is 0.454 e. The minimum absolute atomic E-state index is 0.0483. The van der Waals surface area contributed by atoms with Crippen LogP contribution in [0.3, 0.4) is 0 Å². The summed E-state index contributed by atoms with van der Waals surface area (Å²) in [5, 5.41) is 2.65. The van der Waals surface area contributed by atoms with Gasteiger partial charge in [0, 0.05) is 6.54 Å². The summed E-state index contributed by atoms with van der Waals surface area (Å²) in [5.74, 6) is -0.736. The highest BCUT2D eigenvalue weighted by molar-refractivity contribution is 6.33. The Morgan fingerprint density at radius 1 is 1.16 bits per heavy atom. The van der Waals surface area contributed by atoms with Crippen LogP contribution in [-0.4, -0.2) is 25.3 Å². The molecule has 0 aromatic heterocycles. The van der Waals surface area contributed by atoms with Gasteiger partial charge in [0.15, 0.2) is 18.1 Å². The van der Waals surface area contributed by atoms with Crippen molar-refractivity contribution in [3.05, 3.63) is 58.4 Å². The molecular formula is C17H13ClFNO5. The molecule has 2 aromatic carbocycles. The molecule has 0 unspecified atom stereocenters. The van der Waals surface area contributed by atoms with Crippen LogP contribution in [0.15, 0.2) is 36.4 Å². The molecule has 6 nitrogen and oxygen atoms in total. The monoisotopic (exact) mass is 365 g/mol. The van der Waals surface area contributed by atoms with Gasteiger partial charge in [0.1, 0.15) is 5.82 Å². The van der Waals surface area contributed by atoms with Crippen molar-refractivity contribution in [3.8, 4) is 11.5 Å². The van der Waals surface area contributed by atoms with Crippen molar-refractivity contribution >= 4 is 23.5 Å². The van der Waals surface area contributed by atoms with Crippen molar-refractivity contribution in [1.82, 2.24) is 5.32 Å². The Morgan fingerprint density at radius 2 is 1.96 bits per heavy atom. The number of esters is 1. The standard InChI is InChI=1S/C17H13ClFNO5/c18-13-3-2-11(19)6-12(13)17(22)23-8-16(21)20-7-10-1-4-14-15(5-10)25-9-24-14/h1-6H,7-9H2,(H,20,21). The molecule has 0 spiro atoms. The van der Waals surface area contributed by atoms with Crippen molar-refractivity contribution < 1.29 is 28.2 Å². The molecule has 0 fully saturated rings. The minimum atomic E-state index is -0.872. The Bertz CT molecular complexity index is 827. The van der Waals surface area contributed by atoms with Crippen LogP contribution < -0.4 is 14.8 Å². The highest BCUT2D eigenvalue weighted by Gasteiger charge is 2.16. The van der Waals surface area contributed by atoms with E-state index in [2.05, 4.69) is 5.32 Å². The summed E-state index contributed by atoms with van der Waals surface area (Å²) in [6.07, 6.45) is 0. The van der Waals surface area contributed by atoms with E-state index in [-0.39, 0.29) is 23.9 Å². The van der Waals surface area contributed by atoms with Gasteiger partial charge in [-0.2, -0.15) is 0 Å². The molecule has 2 aromatic rings. The Morgan fingerprint density at radius 3 is 2.80 bits per heavy atom. The summed E-state index contributed by atoms with van der Waals surface area (Å²) in [7, 11) is 0. The average Bonchev–Trinajstić information content (AvgIpc) is 3.07. The van der Waals surface area contributed by atoms with Crippen molar-refractivity contribution in [1.29, 1.82) is 0 Å². The molecule has 0 bridgehead atoms. The van der Waals surface area contributed by atoms with Crippen LogP contribution in [0.5, 0.6) is 11.5 Å². The lowest BCUT2D eigenvalue weighted by Crippen LogP contribution is -2.28. The topological polar surface area (TPSA) is 73.9 Å². The maximum Gasteiger partial charge on any atom is 0.340 e. The normalized spacial score (nSPS) is 11.9. The first-order valence-corrected chi connectivity index (χ1v) is 7.68. The summed E-state index contributed by atoms with van der Waals surface area (Å²) in [4.78, 5) is 23.6. The molecule has 0 aliphatic carbocycles. The van der Waals surface area contributed by atoms with Gasteiger partial charge in [0.25, 0.3) is 5.91 Å². The molecular weight excluding hydrogens is 353 g/mol. The Balaban J connectivity index is 1.49. The fourth-order valence-corrected chi connectivity index (χ4v) is 2.36. The van der Waals surface area contributed by atoms with Gasteiger partial charge < -0.3 is 19.5 Å². The zero-order valence-electron chi connectivity index (χ0n) is 12.9. The summed E-state index contributed by atoms with van der Waals surface area (Å²) in [6, 6.07) is 8.60. The van der Waals surface area contributed by atoms with E-state index >= 15 is 0 Å². The van der Waals surface area contributed by atoms with Gasteiger partial charge in [-0.1, -0.05) is 17.7 Å². The molecule has 0 radical (unpaired) electrons. The SMILES string of the molecule is O=C(COC(=O)c1cc(F)ccc1Cl)NCc1ccc2c(c1)OCO2. The average molecular weight is 366 g/mol. The molecule has 1 aliphatic heterocycles. The molecule has 0 saturated carbocycles. The fraction of sp³-hybridized carbons (Fsp3) is 0.176. The molecule has 1 aliphatic rings. The summed E-state index contributed by atoms with van der Waals surface area (Å²) >= 11 is 5.80. The van der Waals surface area contributed by atoms with Crippen molar-refractivity contribution in [2.75, 3.05) is 13.4 Å². The smallest absolute Gasteiger partial charge is 0.340 e. The number of amides is 1. The number of hydrogen-bond donors (Lipinski definition) is 1. The predicted octanol–water partition coefficient (Wildman–Crippen LogP) is 2.68. The van der Waals surface area contributed by atoms with Gasteiger partial charge in [-0.25, -0.2) is 9.18 Å². The molecule has 0 saturated heterocycles. The number of halogens is 2. The zero-order chi connectivity index (χ0) is 17.8. The van der Waals surface area contributed by atoms with Gasteiger partial charge in [0.2, 0.25) is 6.79 Å². The lowest BCUT2D eigenvalue weighted by Gasteiger charge is -2.08. The lowest BCUT2D eigenvalue weighted by atomic mass is 10.2. The number of ether oxygens (including phenoxy) is 3.